The molecule has 1 fully saturated rings. The van der Waals surface area contributed by atoms with Gasteiger partial charge in [-0.3, -0.25) is 4.79 Å². The topological polar surface area (TPSA) is 77.6 Å². The van der Waals surface area contributed by atoms with E-state index < -0.39 is 0 Å². The molecule has 0 saturated heterocycles. The lowest BCUT2D eigenvalue weighted by molar-refractivity contribution is 0.532. The molecule has 21 heavy (non-hydrogen) atoms. The molecule has 7 nitrogen and oxygen atoms in total. The van der Waals surface area contributed by atoms with Crippen molar-refractivity contribution in [1.82, 2.24) is 24.5 Å². The Morgan fingerprint density at radius 3 is 2.95 bits per heavy atom. The molecule has 1 saturated carbocycles. The molecule has 1 N–H and O–H groups in total. The summed E-state index contributed by atoms with van der Waals surface area (Å²) in [5, 5.41) is 15.3. The number of rotatable bonds is 6. The van der Waals surface area contributed by atoms with Crippen LogP contribution in [0.4, 0.5) is 5.69 Å². The van der Waals surface area contributed by atoms with Gasteiger partial charge in [0.05, 0.1) is 11.9 Å². The standard InChI is InChI=1S/C13H17BrN6O/c1-19-8-16-18-11(19)4-5-15-10-6-17-20(7-9-2-3-9)13(21)12(10)14/h6,8-9,15H,2-5,7H2,1H3. The minimum Gasteiger partial charge on any atom is -0.382 e. The maximum atomic E-state index is 12.2. The largest absolute Gasteiger partial charge is 0.382 e. The predicted octanol–water partition coefficient (Wildman–Crippen LogP) is 1.20. The predicted molar refractivity (Wildman–Crippen MR) is 82.1 cm³/mol. The van der Waals surface area contributed by atoms with Crippen LogP contribution in [-0.4, -0.2) is 31.1 Å². The average molecular weight is 353 g/mol. The Balaban J connectivity index is 1.64. The Morgan fingerprint density at radius 1 is 1.48 bits per heavy atom. The quantitative estimate of drug-likeness (QED) is 0.844. The van der Waals surface area contributed by atoms with E-state index in [0.717, 1.165) is 18.8 Å². The molecule has 0 atom stereocenters. The summed E-state index contributed by atoms with van der Waals surface area (Å²) >= 11 is 3.37. The molecule has 0 amide bonds. The van der Waals surface area contributed by atoms with E-state index in [-0.39, 0.29) is 5.56 Å². The van der Waals surface area contributed by atoms with Crippen molar-refractivity contribution in [3.8, 4) is 0 Å². The molecule has 0 bridgehead atoms. The Labute approximate surface area is 130 Å². The van der Waals surface area contributed by atoms with E-state index in [2.05, 4.69) is 36.5 Å². The van der Waals surface area contributed by atoms with Crippen molar-refractivity contribution in [2.75, 3.05) is 11.9 Å². The first-order valence-electron chi connectivity index (χ1n) is 6.97. The molecule has 112 valence electrons. The van der Waals surface area contributed by atoms with Gasteiger partial charge in [0, 0.05) is 26.6 Å². The van der Waals surface area contributed by atoms with Crippen molar-refractivity contribution in [3.05, 3.63) is 33.2 Å². The van der Waals surface area contributed by atoms with E-state index in [9.17, 15) is 4.79 Å². The highest BCUT2D eigenvalue weighted by Crippen LogP contribution is 2.30. The average Bonchev–Trinajstić information content (AvgIpc) is 3.20. The second kappa shape index (κ2) is 5.97. The molecule has 1 aliphatic rings. The number of nitrogens with zero attached hydrogens (tertiary/aromatic N) is 5. The fraction of sp³-hybridized carbons (Fsp3) is 0.538. The molecule has 0 unspecified atom stereocenters. The Bertz CT molecular complexity index is 690. The molecule has 0 spiro atoms. The van der Waals surface area contributed by atoms with Gasteiger partial charge in [0.2, 0.25) is 0 Å². The first kappa shape index (κ1) is 14.2. The maximum absolute atomic E-state index is 12.2. The summed E-state index contributed by atoms with van der Waals surface area (Å²) in [6.45, 7) is 1.38. The molecule has 2 heterocycles. The number of anilines is 1. The van der Waals surface area contributed by atoms with Crippen molar-refractivity contribution in [3.63, 3.8) is 0 Å². The fourth-order valence-corrected chi connectivity index (χ4v) is 2.55. The Kier molecular flexibility index (Phi) is 4.05. The molecule has 2 aromatic heterocycles. The number of aryl methyl sites for hydroxylation is 1. The van der Waals surface area contributed by atoms with E-state index in [1.807, 2.05) is 11.6 Å². The molecular weight excluding hydrogens is 336 g/mol. The van der Waals surface area contributed by atoms with Gasteiger partial charge in [-0.15, -0.1) is 10.2 Å². The van der Waals surface area contributed by atoms with Crippen LogP contribution in [-0.2, 0) is 20.0 Å². The lowest BCUT2D eigenvalue weighted by Gasteiger charge is -2.10. The van der Waals surface area contributed by atoms with Crippen LogP contribution in [0.5, 0.6) is 0 Å². The molecule has 0 aromatic carbocycles. The first-order chi connectivity index (χ1) is 10.1. The summed E-state index contributed by atoms with van der Waals surface area (Å²) in [5.41, 5.74) is 0.639. The normalized spacial score (nSPS) is 14.4. The third kappa shape index (κ3) is 3.31. The van der Waals surface area contributed by atoms with Gasteiger partial charge >= 0.3 is 0 Å². The van der Waals surface area contributed by atoms with Gasteiger partial charge in [-0.1, -0.05) is 0 Å². The highest BCUT2D eigenvalue weighted by molar-refractivity contribution is 9.10. The minimum atomic E-state index is -0.0782. The van der Waals surface area contributed by atoms with E-state index >= 15 is 0 Å². The smallest absolute Gasteiger partial charge is 0.283 e. The lowest BCUT2D eigenvalue weighted by atomic mass is 10.3. The molecule has 0 aliphatic heterocycles. The molecule has 8 heteroatoms. The third-order valence-electron chi connectivity index (χ3n) is 3.58. The maximum Gasteiger partial charge on any atom is 0.283 e. The van der Waals surface area contributed by atoms with Crippen molar-refractivity contribution in [2.45, 2.75) is 25.8 Å². The summed E-state index contributed by atoms with van der Waals surface area (Å²) in [5.74, 6) is 1.52. The van der Waals surface area contributed by atoms with Crippen molar-refractivity contribution in [2.24, 2.45) is 13.0 Å². The minimum absolute atomic E-state index is 0.0782. The monoisotopic (exact) mass is 352 g/mol. The number of hydrogen-bond donors (Lipinski definition) is 1. The zero-order chi connectivity index (χ0) is 14.8. The summed E-state index contributed by atoms with van der Waals surface area (Å²) in [6, 6.07) is 0. The van der Waals surface area contributed by atoms with Crippen LogP contribution in [0.2, 0.25) is 0 Å². The highest BCUT2D eigenvalue weighted by atomic mass is 79.9. The zero-order valence-electron chi connectivity index (χ0n) is 11.8. The second-order valence-electron chi connectivity index (χ2n) is 5.34. The highest BCUT2D eigenvalue weighted by Gasteiger charge is 2.23. The fourth-order valence-electron chi connectivity index (χ4n) is 2.11. The van der Waals surface area contributed by atoms with Gasteiger partial charge in [0.15, 0.2) is 0 Å². The van der Waals surface area contributed by atoms with Gasteiger partial charge in [-0.25, -0.2) is 4.68 Å². The number of hydrogen-bond acceptors (Lipinski definition) is 5. The van der Waals surface area contributed by atoms with Crippen LogP contribution in [0.1, 0.15) is 18.7 Å². The van der Waals surface area contributed by atoms with Gasteiger partial charge in [0.1, 0.15) is 16.6 Å². The Hall–Kier alpha value is -1.70. The third-order valence-corrected chi connectivity index (χ3v) is 4.35. The molecular formula is C13H17BrN6O. The second-order valence-corrected chi connectivity index (χ2v) is 6.13. The van der Waals surface area contributed by atoms with Crippen LogP contribution in [0, 0.1) is 5.92 Å². The van der Waals surface area contributed by atoms with Crippen molar-refractivity contribution in [1.29, 1.82) is 0 Å². The van der Waals surface area contributed by atoms with Gasteiger partial charge in [-0.05, 0) is 34.7 Å². The summed E-state index contributed by atoms with van der Waals surface area (Å²) in [4.78, 5) is 12.2. The Morgan fingerprint density at radius 2 is 2.29 bits per heavy atom. The molecule has 1 aliphatic carbocycles. The zero-order valence-corrected chi connectivity index (χ0v) is 13.4. The number of aromatic nitrogens is 5. The SMILES string of the molecule is Cn1cnnc1CCNc1cnn(CC2CC2)c(=O)c1Br. The van der Waals surface area contributed by atoms with Crippen molar-refractivity contribution < 1.29 is 0 Å². The van der Waals surface area contributed by atoms with Crippen LogP contribution in [0.3, 0.4) is 0 Å². The molecule has 3 rings (SSSR count). The van der Waals surface area contributed by atoms with Gasteiger partial charge in [-0.2, -0.15) is 5.10 Å². The van der Waals surface area contributed by atoms with Gasteiger partial charge < -0.3 is 9.88 Å². The van der Waals surface area contributed by atoms with E-state index in [1.165, 1.54) is 17.5 Å². The van der Waals surface area contributed by atoms with E-state index in [1.54, 1.807) is 12.5 Å². The van der Waals surface area contributed by atoms with E-state index in [4.69, 9.17) is 0 Å². The summed E-state index contributed by atoms with van der Waals surface area (Å²) in [6.07, 6.45) is 6.50. The van der Waals surface area contributed by atoms with Gasteiger partial charge in [0.25, 0.3) is 5.56 Å². The van der Waals surface area contributed by atoms with Crippen LogP contribution in [0.15, 0.2) is 21.8 Å². The van der Waals surface area contributed by atoms with Crippen molar-refractivity contribution >= 4 is 21.6 Å². The van der Waals surface area contributed by atoms with Crippen LogP contribution in [0.25, 0.3) is 0 Å². The molecule has 0 radical (unpaired) electrons. The van der Waals surface area contributed by atoms with Crippen LogP contribution < -0.4 is 10.9 Å². The first-order valence-corrected chi connectivity index (χ1v) is 7.77. The number of halogens is 1. The summed E-state index contributed by atoms with van der Waals surface area (Å²) < 4.78 is 3.95. The number of nitrogens with one attached hydrogen (secondary N) is 1. The lowest BCUT2D eigenvalue weighted by Crippen LogP contribution is -2.25. The van der Waals surface area contributed by atoms with E-state index in [0.29, 0.717) is 22.6 Å². The molecule has 2 aromatic rings. The van der Waals surface area contributed by atoms with Crippen LogP contribution >= 0.6 is 15.9 Å². The summed E-state index contributed by atoms with van der Waals surface area (Å²) in [7, 11) is 1.91.